The van der Waals surface area contributed by atoms with Crippen molar-refractivity contribution in [2.24, 2.45) is 23.2 Å². The van der Waals surface area contributed by atoms with E-state index in [0.717, 1.165) is 77.0 Å². The van der Waals surface area contributed by atoms with Crippen LogP contribution in [0.15, 0.2) is 35.5 Å². The van der Waals surface area contributed by atoms with Crippen LogP contribution in [0.5, 0.6) is 0 Å². The Labute approximate surface area is 255 Å². The monoisotopic (exact) mass is 582 g/mol. The minimum Gasteiger partial charge on any atom is -0.393 e. The molecule has 3 aliphatic rings. The third kappa shape index (κ3) is 9.92. The quantitative estimate of drug-likeness (QED) is 0.169. The van der Waals surface area contributed by atoms with Crippen LogP contribution in [-0.4, -0.2) is 42.4 Å². The maximum Gasteiger partial charge on any atom is 0.223 e. The zero-order valence-electron chi connectivity index (χ0n) is 26.8. The van der Waals surface area contributed by atoms with Crippen molar-refractivity contribution in [1.29, 1.82) is 0 Å². The van der Waals surface area contributed by atoms with E-state index in [4.69, 9.17) is 0 Å². The molecule has 0 aromatic heterocycles. The number of nitrogens with one attached hydrogen (secondary N) is 2. The fourth-order valence-corrected chi connectivity index (χ4v) is 7.89. The van der Waals surface area contributed by atoms with Gasteiger partial charge in [0.25, 0.3) is 0 Å². The van der Waals surface area contributed by atoms with Gasteiger partial charge in [-0.25, -0.2) is 0 Å². The SMILES string of the molecule is C=C1CC[C@H](O)C/C1=C/C=C1\CCC[C@@]2(C)C1CCC2C(C)C(=O)NCCCCCC(=O)CCCCCCC(=O)NC. The van der Waals surface area contributed by atoms with Crippen LogP contribution in [0.1, 0.15) is 129 Å². The summed E-state index contributed by atoms with van der Waals surface area (Å²) in [6.45, 7) is 9.45. The molecule has 2 amide bonds. The molecule has 6 nitrogen and oxygen atoms in total. The van der Waals surface area contributed by atoms with Crippen LogP contribution in [0.25, 0.3) is 0 Å². The summed E-state index contributed by atoms with van der Waals surface area (Å²) < 4.78 is 0. The molecule has 0 spiro atoms. The van der Waals surface area contributed by atoms with Crippen LogP contribution >= 0.6 is 0 Å². The zero-order chi connectivity index (χ0) is 30.5. The van der Waals surface area contributed by atoms with Gasteiger partial charge in [0, 0.05) is 38.8 Å². The van der Waals surface area contributed by atoms with Gasteiger partial charge in [-0.1, -0.05) is 63.0 Å². The second-order valence-corrected chi connectivity index (χ2v) is 13.5. The van der Waals surface area contributed by atoms with E-state index in [-0.39, 0.29) is 29.3 Å². The number of allylic oxidation sites excluding steroid dienone is 4. The summed E-state index contributed by atoms with van der Waals surface area (Å²) in [4.78, 5) is 36.6. The van der Waals surface area contributed by atoms with E-state index in [1.807, 2.05) is 0 Å². The Bertz CT molecular complexity index is 998. The highest BCUT2D eigenvalue weighted by Crippen LogP contribution is 2.59. The van der Waals surface area contributed by atoms with E-state index in [1.54, 1.807) is 7.05 Å². The van der Waals surface area contributed by atoms with E-state index in [2.05, 4.69) is 43.2 Å². The first kappa shape index (κ1) is 34.3. The zero-order valence-corrected chi connectivity index (χ0v) is 26.8. The Hall–Kier alpha value is -2.21. The summed E-state index contributed by atoms with van der Waals surface area (Å²) in [5, 5.41) is 15.9. The van der Waals surface area contributed by atoms with E-state index in [0.29, 0.717) is 49.8 Å². The maximum atomic E-state index is 13.2. The summed E-state index contributed by atoms with van der Waals surface area (Å²) in [6, 6.07) is 0. The Kier molecular flexibility index (Phi) is 14.0. The average Bonchev–Trinajstić information content (AvgIpc) is 3.33. The van der Waals surface area contributed by atoms with Crippen LogP contribution in [0, 0.1) is 23.2 Å². The van der Waals surface area contributed by atoms with Crippen molar-refractivity contribution in [2.75, 3.05) is 13.6 Å². The van der Waals surface area contributed by atoms with Gasteiger partial charge in [-0.3, -0.25) is 14.4 Å². The molecular weight excluding hydrogens is 524 g/mol. The van der Waals surface area contributed by atoms with Gasteiger partial charge in [0.2, 0.25) is 11.8 Å². The normalized spacial score (nSPS) is 28.5. The molecule has 0 bridgehead atoms. The van der Waals surface area contributed by atoms with Crippen LogP contribution in [0.3, 0.4) is 0 Å². The fourth-order valence-electron chi connectivity index (χ4n) is 7.89. The van der Waals surface area contributed by atoms with E-state index in [1.165, 1.54) is 29.6 Å². The molecule has 0 radical (unpaired) electrons. The number of amides is 2. The predicted molar refractivity (Wildman–Crippen MR) is 171 cm³/mol. The van der Waals surface area contributed by atoms with Gasteiger partial charge in [-0.2, -0.15) is 0 Å². The van der Waals surface area contributed by atoms with E-state index < -0.39 is 0 Å². The first-order valence-corrected chi connectivity index (χ1v) is 16.9. The largest absolute Gasteiger partial charge is 0.393 e. The van der Waals surface area contributed by atoms with Gasteiger partial charge in [0.15, 0.2) is 0 Å². The van der Waals surface area contributed by atoms with Crippen molar-refractivity contribution >= 4 is 17.6 Å². The van der Waals surface area contributed by atoms with Gasteiger partial charge >= 0.3 is 0 Å². The van der Waals surface area contributed by atoms with Crippen molar-refractivity contribution in [2.45, 2.75) is 136 Å². The van der Waals surface area contributed by atoms with Crippen molar-refractivity contribution in [3.8, 4) is 0 Å². The van der Waals surface area contributed by atoms with E-state index >= 15 is 0 Å². The second kappa shape index (κ2) is 17.2. The molecule has 236 valence electrons. The summed E-state index contributed by atoms with van der Waals surface area (Å²) in [6.07, 6.45) is 20.9. The molecule has 42 heavy (non-hydrogen) atoms. The number of aliphatic hydroxyl groups excluding tert-OH is 1. The van der Waals surface area contributed by atoms with Gasteiger partial charge in [0.05, 0.1) is 6.10 Å². The van der Waals surface area contributed by atoms with Gasteiger partial charge in [-0.15, -0.1) is 0 Å². The summed E-state index contributed by atoms with van der Waals surface area (Å²) in [5.41, 5.74) is 4.05. The van der Waals surface area contributed by atoms with Gasteiger partial charge in [0.1, 0.15) is 5.78 Å². The Morgan fingerprint density at radius 1 is 0.976 bits per heavy atom. The lowest BCUT2D eigenvalue weighted by Gasteiger charge is -2.44. The molecule has 3 fully saturated rings. The lowest BCUT2D eigenvalue weighted by molar-refractivity contribution is -0.128. The predicted octanol–water partition coefficient (Wildman–Crippen LogP) is 7.13. The van der Waals surface area contributed by atoms with Crippen molar-refractivity contribution < 1.29 is 19.5 Å². The minimum absolute atomic E-state index is 0.00362. The minimum atomic E-state index is -0.247. The second-order valence-electron chi connectivity index (χ2n) is 13.5. The summed E-state index contributed by atoms with van der Waals surface area (Å²) in [7, 11) is 1.66. The molecule has 0 aromatic carbocycles. The third-order valence-electron chi connectivity index (χ3n) is 10.6. The number of ketones is 1. The smallest absolute Gasteiger partial charge is 0.223 e. The number of aliphatic hydroxyl groups is 1. The average molecular weight is 583 g/mol. The highest BCUT2D eigenvalue weighted by Gasteiger charge is 2.51. The van der Waals surface area contributed by atoms with Crippen LogP contribution in [0.2, 0.25) is 0 Å². The molecule has 0 heterocycles. The molecule has 3 aliphatic carbocycles. The number of rotatable bonds is 16. The topological polar surface area (TPSA) is 95.5 Å². The molecular formula is C36H58N2O4. The van der Waals surface area contributed by atoms with Gasteiger partial charge < -0.3 is 15.7 Å². The molecule has 3 unspecified atom stereocenters. The van der Waals surface area contributed by atoms with Crippen LogP contribution in [0.4, 0.5) is 0 Å². The number of hydrogen-bond acceptors (Lipinski definition) is 4. The summed E-state index contributed by atoms with van der Waals surface area (Å²) in [5.74, 6) is 1.53. The molecule has 3 saturated carbocycles. The van der Waals surface area contributed by atoms with Crippen LogP contribution in [-0.2, 0) is 14.4 Å². The number of carbonyl (C=O) groups is 3. The van der Waals surface area contributed by atoms with Crippen molar-refractivity contribution in [3.05, 3.63) is 35.5 Å². The molecule has 3 N–H and O–H groups in total. The first-order valence-electron chi connectivity index (χ1n) is 16.9. The van der Waals surface area contributed by atoms with Crippen LogP contribution < -0.4 is 10.6 Å². The van der Waals surface area contributed by atoms with Crippen molar-refractivity contribution in [3.63, 3.8) is 0 Å². The Morgan fingerprint density at radius 3 is 2.38 bits per heavy atom. The molecule has 3 rings (SSSR count). The Morgan fingerprint density at radius 2 is 1.67 bits per heavy atom. The lowest BCUT2D eigenvalue weighted by atomic mass is 9.61. The summed E-state index contributed by atoms with van der Waals surface area (Å²) >= 11 is 0. The fraction of sp³-hybridized carbons (Fsp3) is 0.750. The third-order valence-corrected chi connectivity index (χ3v) is 10.6. The Balaban J connectivity index is 1.35. The molecule has 0 aromatic rings. The number of Topliss-reactive ketones (excluding diaryl/α,β-unsaturated/α-hetero) is 1. The molecule has 5 atom stereocenters. The lowest BCUT2D eigenvalue weighted by Crippen LogP contribution is -2.41. The first-order chi connectivity index (χ1) is 20.2. The molecule has 0 aliphatic heterocycles. The molecule has 0 saturated heterocycles. The number of carbonyl (C=O) groups excluding carboxylic acids is 3. The number of fused-ring (bicyclic) bond motifs is 1. The highest BCUT2D eigenvalue weighted by molar-refractivity contribution is 5.79. The maximum absolute atomic E-state index is 13.2. The van der Waals surface area contributed by atoms with E-state index in [9.17, 15) is 19.5 Å². The van der Waals surface area contributed by atoms with Crippen molar-refractivity contribution in [1.82, 2.24) is 10.6 Å². The van der Waals surface area contributed by atoms with Gasteiger partial charge in [-0.05, 0) is 99.9 Å². The standard InChI is InChI=1S/C36H58N2O4/c1-26-17-20-31(40)25-29(26)19-18-28-13-12-23-36(3)32(21-22-33(28)36)27(2)35(42)38-24-11-7-9-15-30(39)14-8-5-6-10-16-34(41)37-4/h18-19,27,31-33,40H,1,5-17,20-25H2,2-4H3,(H,37,41)(H,38,42)/b28-18+,29-19-/t27?,31-,32?,33?,36+/m0/s1. The number of hydrogen-bond donors (Lipinski definition) is 3. The number of unbranched alkanes of at least 4 members (excludes halogenated alkanes) is 5. The highest BCUT2D eigenvalue weighted by atomic mass is 16.3. The molecule has 6 heteroatoms.